The number of aromatic nitrogens is 1. The van der Waals surface area contributed by atoms with Crippen LogP contribution in [0.2, 0.25) is 0 Å². The predicted octanol–water partition coefficient (Wildman–Crippen LogP) is 2.97. The number of carboxylic acids is 1. The molecule has 1 heterocycles. The van der Waals surface area contributed by atoms with Crippen molar-refractivity contribution in [2.45, 2.75) is 19.3 Å². The monoisotopic (exact) mass is 329 g/mol. The number of ketones is 1. The fraction of sp³-hybridized carbons (Fsp3) is 0.278. The number of carboxylic acid groups (broad SMARTS) is 1. The smallest absolute Gasteiger partial charge is 0.335 e. The number of carbonyl (C=O) groups excluding carboxylic acids is 2. The average molecular weight is 329 g/mol. The van der Waals surface area contributed by atoms with Gasteiger partial charge in [0, 0.05) is 25.2 Å². The van der Waals surface area contributed by atoms with Crippen LogP contribution in [0.25, 0.3) is 0 Å². The van der Waals surface area contributed by atoms with Crippen molar-refractivity contribution < 1.29 is 24.2 Å². The number of hydrogen-bond acceptors (Lipinski definition) is 4. The first-order valence-electron chi connectivity index (χ1n) is 7.62. The van der Waals surface area contributed by atoms with Gasteiger partial charge in [-0.2, -0.15) is 0 Å². The topological polar surface area (TPSA) is 85.6 Å². The number of aryl methyl sites for hydroxylation is 1. The second kappa shape index (κ2) is 8.10. The Morgan fingerprint density at radius 3 is 2.46 bits per heavy atom. The lowest BCUT2D eigenvalue weighted by Crippen LogP contribution is -2.02. The second-order valence-corrected chi connectivity index (χ2v) is 5.44. The van der Waals surface area contributed by atoms with E-state index < -0.39 is 5.97 Å². The lowest BCUT2D eigenvalue weighted by Gasteiger charge is -2.06. The van der Waals surface area contributed by atoms with E-state index in [-0.39, 0.29) is 11.3 Å². The molecule has 0 aliphatic heterocycles. The number of aldehydes is 1. The van der Waals surface area contributed by atoms with E-state index in [1.165, 1.54) is 12.1 Å². The van der Waals surface area contributed by atoms with E-state index in [4.69, 9.17) is 9.84 Å². The van der Waals surface area contributed by atoms with E-state index in [1.807, 2.05) is 0 Å². The molecule has 0 amide bonds. The van der Waals surface area contributed by atoms with Crippen LogP contribution in [0.3, 0.4) is 0 Å². The van der Waals surface area contributed by atoms with Crippen molar-refractivity contribution in [2.75, 3.05) is 6.61 Å². The van der Waals surface area contributed by atoms with Crippen molar-refractivity contribution in [3.8, 4) is 5.75 Å². The highest BCUT2D eigenvalue weighted by Gasteiger charge is 2.10. The largest absolute Gasteiger partial charge is 0.494 e. The number of unbranched alkanes of at least 4 members (excludes halogenated alkanes) is 1. The van der Waals surface area contributed by atoms with Gasteiger partial charge < -0.3 is 14.4 Å². The van der Waals surface area contributed by atoms with Gasteiger partial charge in [0.15, 0.2) is 12.1 Å². The average Bonchev–Trinajstić information content (AvgIpc) is 2.96. The van der Waals surface area contributed by atoms with E-state index in [0.717, 1.165) is 6.29 Å². The Balaban J connectivity index is 1.71. The lowest BCUT2D eigenvalue weighted by atomic mass is 10.1. The molecule has 1 aromatic heterocycles. The first kappa shape index (κ1) is 17.5. The van der Waals surface area contributed by atoms with Crippen molar-refractivity contribution in [1.82, 2.24) is 4.57 Å². The van der Waals surface area contributed by atoms with Gasteiger partial charge >= 0.3 is 5.97 Å². The second-order valence-electron chi connectivity index (χ2n) is 5.44. The van der Waals surface area contributed by atoms with Gasteiger partial charge in [-0.15, -0.1) is 0 Å². The Bertz CT molecular complexity index is 730. The number of Topliss-reactive ketones (excluding diaryl/α,β-unsaturated/α-hetero) is 1. The minimum absolute atomic E-state index is 0.00418. The summed E-state index contributed by atoms with van der Waals surface area (Å²) < 4.78 is 7.14. The van der Waals surface area contributed by atoms with Crippen LogP contribution in [0.15, 0.2) is 36.5 Å². The zero-order chi connectivity index (χ0) is 17.5. The van der Waals surface area contributed by atoms with Gasteiger partial charge in [-0.1, -0.05) is 0 Å². The maximum Gasteiger partial charge on any atom is 0.335 e. The summed E-state index contributed by atoms with van der Waals surface area (Å²) in [5.41, 5.74) is 1.24. The molecule has 0 spiro atoms. The molecule has 24 heavy (non-hydrogen) atoms. The fourth-order valence-corrected chi connectivity index (χ4v) is 2.27. The maximum atomic E-state index is 12.0. The van der Waals surface area contributed by atoms with Gasteiger partial charge in [-0.25, -0.2) is 4.79 Å². The summed E-state index contributed by atoms with van der Waals surface area (Å²) in [6.45, 7) is 0.452. The number of hydrogen-bond donors (Lipinski definition) is 1. The van der Waals surface area contributed by atoms with Crippen molar-refractivity contribution in [1.29, 1.82) is 0 Å². The Hall–Kier alpha value is -2.89. The van der Waals surface area contributed by atoms with Crippen LogP contribution in [0, 0.1) is 0 Å². The van der Waals surface area contributed by atoms with Crippen LogP contribution in [0.1, 0.15) is 50.5 Å². The third-order valence-corrected chi connectivity index (χ3v) is 3.65. The molecule has 2 aromatic rings. The highest BCUT2D eigenvalue weighted by molar-refractivity contribution is 5.97. The Morgan fingerprint density at radius 1 is 1.17 bits per heavy atom. The Morgan fingerprint density at radius 2 is 1.88 bits per heavy atom. The summed E-state index contributed by atoms with van der Waals surface area (Å²) >= 11 is 0. The molecular formula is C18H19NO5. The third kappa shape index (κ3) is 4.55. The van der Waals surface area contributed by atoms with Crippen molar-refractivity contribution in [2.24, 2.45) is 7.05 Å². The molecule has 1 N–H and O–H groups in total. The lowest BCUT2D eigenvalue weighted by molar-refractivity contribution is 0.0696. The molecule has 6 heteroatoms. The zero-order valence-corrected chi connectivity index (χ0v) is 13.4. The number of ether oxygens (including phenoxy) is 1. The minimum Gasteiger partial charge on any atom is -0.494 e. The molecule has 0 atom stereocenters. The highest BCUT2D eigenvalue weighted by Crippen LogP contribution is 2.14. The van der Waals surface area contributed by atoms with Crippen molar-refractivity contribution in [3.05, 3.63) is 53.3 Å². The van der Waals surface area contributed by atoms with Gasteiger partial charge in [0.25, 0.3) is 0 Å². The molecule has 6 nitrogen and oxygen atoms in total. The summed E-state index contributed by atoms with van der Waals surface area (Å²) in [7, 11) is 1.73. The Kier molecular flexibility index (Phi) is 5.89. The van der Waals surface area contributed by atoms with Gasteiger partial charge in [-0.05, 0) is 43.2 Å². The van der Waals surface area contributed by atoms with Gasteiger partial charge in [0.1, 0.15) is 5.75 Å². The van der Waals surface area contributed by atoms with Crippen LogP contribution in [0.5, 0.6) is 5.75 Å². The van der Waals surface area contributed by atoms with Gasteiger partial charge in [-0.3, -0.25) is 9.59 Å². The molecule has 0 unspecified atom stereocenters. The SMILES string of the molecule is Cn1cc(C(=O)CCCCOc2ccc(C(=O)O)cc2)cc1C=O. The van der Waals surface area contributed by atoms with E-state index in [0.29, 0.717) is 42.9 Å². The van der Waals surface area contributed by atoms with Gasteiger partial charge in [0.05, 0.1) is 17.9 Å². The van der Waals surface area contributed by atoms with E-state index in [2.05, 4.69) is 0 Å². The van der Waals surface area contributed by atoms with Gasteiger partial charge in [0.2, 0.25) is 0 Å². The molecule has 0 radical (unpaired) electrons. The predicted molar refractivity (Wildman–Crippen MR) is 87.9 cm³/mol. The molecular weight excluding hydrogens is 310 g/mol. The fourth-order valence-electron chi connectivity index (χ4n) is 2.27. The molecule has 1 aromatic carbocycles. The first-order valence-corrected chi connectivity index (χ1v) is 7.62. The van der Waals surface area contributed by atoms with Crippen LogP contribution in [0.4, 0.5) is 0 Å². The van der Waals surface area contributed by atoms with Crippen LogP contribution in [-0.2, 0) is 7.05 Å². The Labute approximate surface area is 139 Å². The summed E-state index contributed by atoms with van der Waals surface area (Å²) in [5.74, 6) is -0.367. The van der Waals surface area contributed by atoms with Crippen molar-refractivity contribution in [3.63, 3.8) is 0 Å². The normalized spacial score (nSPS) is 10.4. The van der Waals surface area contributed by atoms with E-state index in [1.54, 1.807) is 36.0 Å². The molecule has 0 saturated carbocycles. The van der Waals surface area contributed by atoms with Crippen molar-refractivity contribution >= 4 is 18.0 Å². The summed E-state index contributed by atoms with van der Waals surface area (Å²) in [4.78, 5) is 33.5. The molecule has 0 saturated heterocycles. The summed E-state index contributed by atoms with van der Waals surface area (Å²) in [6, 6.07) is 7.79. The minimum atomic E-state index is -0.973. The number of aromatic carboxylic acids is 1. The number of carbonyl (C=O) groups is 3. The molecule has 126 valence electrons. The first-order chi connectivity index (χ1) is 11.5. The molecule has 0 fully saturated rings. The standard InChI is InChI=1S/C18H19NO5/c1-19-11-14(10-15(19)12-20)17(21)4-2-3-9-24-16-7-5-13(6-8-16)18(22)23/h5-8,10-12H,2-4,9H2,1H3,(H,22,23). The highest BCUT2D eigenvalue weighted by atomic mass is 16.5. The molecule has 0 bridgehead atoms. The van der Waals surface area contributed by atoms with E-state index in [9.17, 15) is 14.4 Å². The number of benzene rings is 1. The number of nitrogens with zero attached hydrogens (tertiary/aromatic N) is 1. The van der Waals surface area contributed by atoms with Crippen LogP contribution in [-0.4, -0.2) is 34.3 Å². The summed E-state index contributed by atoms with van der Waals surface area (Å²) in [6.07, 6.45) is 4.16. The van der Waals surface area contributed by atoms with E-state index >= 15 is 0 Å². The quantitative estimate of drug-likeness (QED) is 0.434. The number of rotatable bonds is 9. The zero-order valence-electron chi connectivity index (χ0n) is 13.4. The molecule has 2 rings (SSSR count). The van der Waals surface area contributed by atoms with Crippen LogP contribution >= 0.6 is 0 Å². The maximum absolute atomic E-state index is 12.0. The third-order valence-electron chi connectivity index (χ3n) is 3.65. The molecule has 0 aliphatic rings. The van der Waals surface area contributed by atoms with Crippen LogP contribution < -0.4 is 4.74 Å². The summed E-state index contributed by atoms with van der Waals surface area (Å²) in [5, 5.41) is 8.81. The molecule has 0 aliphatic carbocycles.